The maximum Gasteiger partial charge on any atom is 0.310 e. The van der Waals surface area contributed by atoms with Crippen molar-refractivity contribution in [3.8, 4) is 0 Å². The number of ether oxygens (including phenoxy) is 1. The zero-order chi connectivity index (χ0) is 10.6. The summed E-state index contributed by atoms with van der Waals surface area (Å²) >= 11 is 0. The summed E-state index contributed by atoms with van der Waals surface area (Å²) < 4.78 is 4.83. The number of esters is 1. The van der Waals surface area contributed by atoms with Crippen molar-refractivity contribution in [3.63, 3.8) is 0 Å². The van der Waals surface area contributed by atoms with Gasteiger partial charge in [-0.25, -0.2) is 4.98 Å². The number of nitrogens with zero attached hydrogens (tertiary/aromatic N) is 1. The van der Waals surface area contributed by atoms with Gasteiger partial charge >= 0.3 is 5.97 Å². The largest absolute Gasteiger partial charge is 0.466 e. The third kappa shape index (κ3) is 2.73. The van der Waals surface area contributed by atoms with Crippen molar-refractivity contribution in [2.45, 2.75) is 20.3 Å². The molecule has 0 unspecified atom stereocenters. The van der Waals surface area contributed by atoms with Crippen LogP contribution in [0.3, 0.4) is 0 Å². The van der Waals surface area contributed by atoms with E-state index < -0.39 is 0 Å². The molecule has 0 bridgehead atoms. The van der Waals surface area contributed by atoms with Gasteiger partial charge < -0.3 is 10.5 Å². The summed E-state index contributed by atoms with van der Waals surface area (Å²) in [6, 6.07) is 1.74. The van der Waals surface area contributed by atoms with Crippen molar-refractivity contribution in [1.29, 1.82) is 0 Å². The highest BCUT2D eigenvalue weighted by molar-refractivity contribution is 5.73. The Morgan fingerprint density at radius 1 is 1.64 bits per heavy atom. The molecule has 2 N–H and O–H groups in total. The molecule has 4 heteroatoms. The molecule has 4 nitrogen and oxygen atoms in total. The molecule has 0 aliphatic rings. The molecule has 0 saturated heterocycles. The van der Waals surface area contributed by atoms with Crippen molar-refractivity contribution in [3.05, 3.63) is 23.4 Å². The number of hydrogen-bond acceptors (Lipinski definition) is 4. The highest BCUT2D eigenvalue weighted by Crippen LogP contribution is 2.10. The molecule has 0 amide bonds. The fourth-order valence-electron chi connectivity index (χ4n) is 1.16. The Kier molecular flexibility index (Phi) is 3.45. The molecule has 0 aliphatic carbocycles. The number of pyridine rings is 1. The highest BCUT2D eigenvalue weighted by atomic mass is 16.5. The molecule has 0 radical (unpaired) electrons. The Morgan fingerprint density at radius 2 is 2.36 bits per heavy atom. The van der Waals surface area contributed by atoms with Crippen LogP contribution in [0, 0.1) is 6.92 Å². The lowest BCUT2D eigenvalue weighted by atomic mass is 10.1. The molecule has 0 spiro atoms. The van der Waals surface area contributed by atoms with Gasteiger partial charge in [0.15, 0.2) is 0 Å². The average molecular weight is 194 g/mol. The van der Waals surface area contributed by atoms with Gasteiger partial charge in [-0.3, -0.25) is 4.79 Å². The smallest absolute Gasteiger partial charge is 0.310 e. The lowest BCUT2D eigenvalue weighted by Crippen LogP contribution is -2.09. The van der Waals surface area contributed by atoms with E-state index in [-0.39, 0.29) is 12.4 Å². The summed E-state index contributed by atoms with van der Waals surface area (Å²) in [6.07, 6.45) is 1.87. The molecule has 0 aliphatic heterocycles. The van der Waals surface area contributed by atoms with Crippen LogP contribution in [0.4, 0.5) is 5.82 Å². The van der Waals surface area contributed by atoms with Crippen molar-refractivity contribution < 1.29 is 9.53 Å². The van der Waals surface area contributed by atoms with Gasteiger partial charge in [-0.15, -0.1) is 0 Å². The quantitative estimate of drug-likeness (QED) is 0.731. The van der Waals surface area contributed by atoms with Gasteiger partial charge in [0, 0.05) is 6.20 Å². The molecule has 1 aromatic rings. The molecule has 0 aromatic carbocycles. The molecular formula is C10H14N2O2. The first-order chi connectivity index (χ1) is 6.63. The highest BCUT2D eigenvalue weighted by Gasteiger charge is 2.06. The number of nitrogens with two attached hydrogens (primary N) is 1. The Balaban J connectivity index is 2.72. The zero-order valence-electron chi connectivity index (χ0n) is 8.41. The second-order valence-corrected chi connectivity index (χ2v) is 3.02. The van der Waals surface area contributed by atoms with E-state index in [0.29, 0.717) is 12.4 Å². The first kappa shape index (κ1) is 10.5. The predicted octanol–water partition coefficient (Wildman–Crippen LogP) is 1.08. The van der Waals surface area contributed by atoms with E-state index in [1.54, 1.807) is 19.2 Å². The molecule has 1 aromatic heterocycles. The number of anilines is 1. The first-order valence-electron chi connectivity index (χ1n) is 4.50. The summed E-state index contributed by atoms with van der Waals surface area (Å²) in [5.74, 6) is 0.234. The van der Waals surface area contributed by atoms with Gasteiger partial charge in [0.2, 0.25) is 0 Å². The maximum atomic E-state index is 11.2. The van der Waals surface area contributed by atoms with Crippen LogP contribution in [-0.2, 0) is 16.0 Å². The maximum absolute atomic E-state index is 11.2. The van der Waals surface area contributed by atoms with E-state index in [1.807, 2.05) is 6.92 Å². The Labute approximate surface area is 83.1 Å². The lowest BCUT2D eigenvalue weighted by molar-refractivity contribution is -0.142. The van der Waals surface area contributed by atoms with Crippen LogP contribution in [0.5, 0.6) is 0 Å². The number of carbonyl (C=O) groups excluding carboxylic acids is 1. The first-order valence-corrected chi connectivity index (χ1v) is 4.50. The molecule has 14 heavy (non-hydrogen) atoms. The summed E-state index contributed by atoms with van der Waals surface area (Å²) in [6.45, 7) is 4.08. The Hall–Kier alpha value is -1.58. The van der Waals surface area contributed by atoms with Crippen LogP contribution in [0.15, 0.2) is 12.3 Å². The van der Waals surface area contributed by atoms with E-state index in [4.69, 9.17) is 10.5 Å². The van der Waals surface area contributed by atoms with Gasteiger partial charge in [-0.05, 0) is 31.0 Å². The number of rotatable bonds is 3. The van der Waals surface area contributed by atoms with Crippen LogP contribution in [-0.4, -0.2) is 17.6 Å². The second kappa shape index (κ2) is 4.60. The van der Waals surface area contributed by atoms with E-state index in [9.17, 15) is 4.79 Å². The Bertz CT molecular complexity index is 337. The third-order valence-electron chi connectivity index (χ3n) is 1.88. The van der Waals surface area contributed by atoms with Gasteiger partial charge in [0.1, 0.15) is 5.82 Å². The van der Waals surface area contributed by atoms with E-state index in [0.717, 1.165) is 11.1 Å². The Morgan fingerprint density at radius 3 is 2.93 bits per heavy atom. The number of aromatic nitrogens is 1. The topological polar surface area (TPSA) is 65.2 Å². The zero-order valence-corrected chi connectivity index (χ0v) is 8.41. The number of hydrogen-bond donors (Lipinski definition) is 1. The van der Waals surface area contributed by atoms with Crippen LogP contribution in [0.25, 0.3) is 0 Å². The number of carbonyl (C=O) groups is 1. The summed E-state index contributed by atoms with van der Waals surface area (Å²) in [7, 11) is 0. The minimum Gasteiger partial charge on any atom is -0.466 e. The minimum atomic E-state index is -0.234. The fraction of sp³-hybridized carbons (Fsp3) is 0.400. The number of nitrogen functional groups attached to an aromatic ring is 1. The summed E-state index contributed by atoms with van der Waals surface area (Å²) in [4.78, 5) is 15.1. The van der Waals surface area contributed by atoms with Crippen molar-refractivity contribution in [2.24, 2.45) is 0 Å². The fourth-order valence-corrected chi connectivity index (χ4v) is 1.16. The van der Waals surface area contributed by atoms with Crippen LogP contribution in [0.1, 0.15) is 18.1 Å². The van der Waals surface area contributed by atoms with Gasteiger partial charge in [-0.1, -0.05) is 0 Å². The molecule has 1 rings (SSSR count). The SMILES string of the molecule is CCOC(=O)Cc1cnc(N)cc1C. The van der Waals surface area contributed by atoms with Crippen LogP contribution < -0.4 is 5.73 Å². The molecule has 0 saturated carbocycles. The molecule has 0 fully saturated rings. The van der Waals surface area contributed by atoms with Gasteiger partial charge in [0.25, 0.3) is 0 Å². The van der Waals surface area contributed by atoms with E-state index >= 15 is 0 Å². The second-order valence-electron chi connectivity index (χ2n) is 3.02. The average Bonchev–Trinajstić information content (AvgIpc) is 2.10. The summed E-state index contributed by atoms with van der Waals surface area (Å²) in [5, 5.41) is 0. The molecule has 76 valence electrons. The third-order valence-corrected chi connectivity index (χ3v) is 1.88. The molecular weight excluding hydrogens is 180 g/mol. The molecule has 1 heterocycles. The van der Waals surface area contributed by atoms with Crippen LogP contribution >= 0.6 is 0 Å². The van der Waals surface area contributed by atoms with E-state index in [2.05, 4.69) is 4.98 Å². The normalized spacial score (nSPS) is 9.86. The van der Waals surface area contributed by atoms with Crippen molar-refractivity contribution in [2.75, 3.05) is 12.3 Å². The monoisotopic (exact) mass is 194 g/mol. The predicted molar refractivity (Wildman–Crippen MR) is 53.7 cm³/mol. The van der Waals surface area contributed by atoms with Crippen LogP contribution in [0.2, 0.25) is 0 Å². The van der Waals surface area contributed by atoms with E-state index in [1.165, 1.54) is 0 Å². The summed E-state index contributed by atoms with van der Waals surface area (Å²) in [5.41, 5.74) is 7.31. The van der Waals surface area contributed by atoms with Crippen molar-refractivity contribution >= 4 is 11.8 Å². The lowest BCUT2D eigenvalue weighted by Gasteiger charge is -2.05. The standard InChI is InChI=1S/C10H14N2O2/c1-3-14-10(13)5-8-6-12-9(11)4-7(8)2/h4,6H,3,5H2,1-2H3,(H2,11,12). The van der Waals surface area contributed by atoms with Gasteiger partial charge in [0.05, 0.1) is 13.0 Å². The molecule has 0 atom stereocenters. The van der Waals surface area contributed by atoms with Crippen molar-refractivity contribution in [1.82, 2.24) is 4.98 Å². The number of aryl methyl sites for hydroxylation is 1. The minimum absolute atomic E-state index is 0.234. The van der Waals surface area contributed by atoms with Gasteiger partial charge in [-0.2, -0.15) is 0 Å².